The van der Waals surface area contributed by atoms with Gasteiger partial charge in [-0.25, -0.2) is 4.79 Å². The molecule has 0 saturated carbocycles. The Morgan fingerprint density at radius 3 is 2.83 bits per heavy atom. The van der Waals surface area contributed by atoms with Crippen molar-refractivity contribution >= 4 is 11.7 Å². The van der Waals surface area contributed by atoms with Gasteiger partial charge in [-0.3, -0.25) is 0 Å². The molecule has 0 fully saturated rings. The van der Waals surface area contributed by atoms with Crippen LogP contribution in [0.5, 0.6) is 5.75 Å². The molecule has 100 valence electrons. The van der Waals surface area contributed by atoms with Crippen molar-refractivity contribution in [1.82, 2.24) is 5.32 Å². The number of anilines is 1. The number of carbonyl (C=O) groups is 1. The molecule has 2 amide bonds. The second-order valence-electron chi connectivity index (χ2n) is 4.07. The van der Waals surface area contributed by atoms with E-state index >= 15 is 0 Å². The van der Waals surface area contributed by atoms with Gasteiger partial charge in [0.05, 0.1) is 12.8 Å². The van der Waals surface area contributed by atoms with Crippen LogP contribution in [0.3, 0.4) is 0 Å². The van der Waals surface area contributed by atoms with Crippen LogP contribution in [0.4, 0.5) is 10.5 Å². The molecule has 0 bridgehead atoms. The lowest BCUT2D eigenvalue weighted by Gasteiger charge is -2.15. The molecule has 0 radical (unpaired) electrons. The Kier molecular flexibility index (Phi) is 6.00. The highest BCUT2D eigenvalue weighted by Crippen LogP contribution is 2.22. The average molecular weight is 252 g/mol. The standard InChI is InChI=1S/C13H20N2O3/c1-10(6-5-9-16)14-13(17)15-11-7-3-4-8-12(11)18-2/h3-4,7-8,10,16H,5-6,9H2,1-2H3,(H2,14,15,17). The van der Waals surface area contributed by atoms with Crippen molar-refractivity contribution < 1.29 is 14.6 Å². The van der Waals surface area contributed by atoms with Crippen LogP contribution in [0, 0.1) is 0 Å². The second-order valence-corrected chi connectivity index (χ2v) is 4.07. The maximum Gasteiger partial charge on any atom is 0.319 e. The zero-order chi connectivity index (χ0) is 13.4. The largest absolute Gasteiger partial charge is 0.495 e. The van der Waals surface area contributed by atoms with Gasteiger partial charge < -0.3 is 20.5 Å². The van der Waals surface area contributed by atoms with Crippen LogP contribution in [-0.2, 0) is 0 Å². The number of carbonyl (C=O) groups excluding carboxylic acids is 1. The van der Waals surface area contributed by atoms with Gasteiger partial charge in [0.2, 0.25) is 0 Å². The smallest absolute Gasteiger partial charge is 0.319 e. The SMILES string of the molecule is COc1ccccc1NC(=O)NC(C)CCCO. The minimum Gasteiger partial charge on any atom is -0.495 e. The van der Waals surface area contributed by atoms with E-state index in [1.165, 1.54) is 0 Å². The number of hydrogen-bond acceptors (Lipinski definition) is 3. The summed E-state index contributed by atoms with van der Waals surface area (Å²) in [6, 6.07) is 6.97. The number of hydrogen-bond donors (Lipinski definition) is 3. The number of rotatable bonds is 6. The molecule has 0 aliphatic rings. The molecule has 0 aromatic heterocycles. The van der Waals surface area contributed by atoms with E-state index in [0.29, 0.717) is 17.9 Å². The summed E-state index contributed by atoms with van der Waals surface area (Å²) >= 11 is 0. The van der Waals surface area contributed by atoms with Crippen LogP contribution >= 0.6 is 0 Å². The monoisotopic (exact) mass is 252 g/mol. The fourth-order valence-corrected chi connectivity index (χ4v) is 1.60. The van der Waals surface area contributed by atoms with E-state index in [9.17, 15) is 4.79 Å². The molecule has 1 atom stereocenters. The average Bonchev–Trinajstić information content (AvgIpc) is 2.36. The minimum absolute atomic E-state index is 0.0202. The lowest BCUT2D eigenvalue weighted by molar-refractivity contribution is 0.245. The van der Waals surface area contributed by atoms with E-state index < -0.39 is 0 Å². The molecule has 0 spiro atoms. The van der Waals surface area contributed by atoms with Crippen molar-refractivity contribution in [3.05, 3.63) is 24.3 Å². The van der Waals surface area contributed by atoms with Gasteiger partial charge in [-0.15, -0.1) is 0 Å². The molecule has 3 N–H and O–H groups in total. The zero-order valence-electron chi connectivity index (χ0n) is 10.8. The van der Waals surface area contributed by atoms with Crippen molar-refractivity contribution in [3.63, 3.8) is 0 Å². The third-order valence-corrected chi connectivity index (χ3v) is 2.53. The summed E-state index contributed by atoms with van der Waals surface area (Å²) in [5, 5.41) is 14.2. The van der Waals surface area contributed by atoms with Gasteiger partial charge in [-0.1, -0.05) is 12.1 Å². The molecule has 1 aromatic carbocycles. The number of para-hydroxylation sites is 2. The first-order chi connectivity index (χ1) is 8.67. The Labute approximate surface area is 107 Å². The van der Waals surface area contributed by atoms with E-state index in [-0.39, 0.29) is 18.7 Å². The summed E-state index contributed by atoms with van der Waals surface area (Å²) in [7, 11) is 1.56. The highest BCUT2D eigenvalue weighted by atomic mass is 16.5. The Morgan fingerprint density at radius 2 is 2.17 bits per heavy atom. The van der Waals surface area contributed by atoms with Crippen LogP contribution in [0.15, 0.2) is 24.3 Å². The maximum atomic E-state index is 11.7. The van der Waals surface area contributed by atoms with Gasteiger partial charge in [0.1, 0.15) is 5.75 Å². The van der Waals surface area contributed by atoms with Gasteiger partial charge in [0, 0.05) is 12.6 Å². The minimum atomic E-state index is -0.273. The second kappa shape index (κ2) is 7.55. The Morgan fingerprint density at radius 1 is 1.44 bits per heavy atom. The van der Waals surface area contributed by atoms with Gasteiger partial charge in [0.15, 0.2) is 0 Å². The molecule has 5 heteroatoms. The number of aliphatic hydroxyl groups is 1. The molecule has 5 nitrogen and oxygen atoms in total. The third-order valence-electron chi connectivity index (χ3n) is 2.53. The fourth-order valence-electron chi connectivity index (χ4n) is 1.60. The van der Waals surface area contributed by atoms with Gasteiger partial charge in [-0.2, -0.15) is 0 Å². The summed E-state index contributed by atoms with van der Waals surface area (Å²) in [5.74, 6) is 0.621. The third kappa shape index (κ3) is 4.63. The highest BCUT2D eigenvalue weighted by molar-refractivity contribution is 5.91. The molecule has 0 heterocycles. The van der Waals surface area contributed by atoms with Gasteiger partial charge in [0.25, 0.3) is 0 Å². The topological polar surface area (TPSA) is 70.6 Å². The van der Waals surface area contributed by atoms with E-state index in [1.807, 2.05) is 19.1 Å². The van der Waals surface area contributed by atoms with E-state index in [0.717, 1.165) is 6.42 Å². The van der Waals surface area contributed by atoms with E-state index in [4.69, 9.17) is 9.84 Å². The summed E-state index contributed by atoms with van der Waals surface area (Å²) < 4.78 is 5.14. The fraction of sp³-hybridized carbons (Fsp3) is 0.462. The molecule has 1 unspecified atom stereocenters. The lowest BCUT2D eigenvalue weighted by atomic mass is 10.2. The lowest BCUT2D eigenvalue weighted by Crippen LogP contribution is -2.36. The molecule has 18 heavy (non-hydrogen) atoms. The Hall–Kier alpha value is -1.75. The van der Waals surface area contributed by atoms with Crippen LogP contribution in [0.25, 0.3) is 0 Å². The zero-order valence-corrected chi connectivity index (χ0v) is 10.8. The number of nitrogens with one attached hydrogen (secondary N) is 2. The van der Waals surface area contributed by atoms with Crippen molar-refractivity contribution in [2.24, 2.45) is 0 Å². The van der Waals surface area contributed by atoms with Crippen molar-refractivity contribution in [2.75, 3.05) is 19.0 Å². The molecule has 0 saturated heterocycles. The number of ether oxygens (including phenoxy) is 1. The van der Waals surface area contributed by atoms with Crippen LogP contribution in [0.1, 0.15) is 19.8 Å². The number of methoxy groups -OCH3 is 1. The van der Waals surface area contributed by atoms with Crippen LogP contribution in [0.2, 0.25) is 0 Å². The summed E-state index contributed by atoms with van der Waals surface area (Å²) in [4.78, 5) is 11.7. The Bertz CT molecular complexity index is 382. The summed E-state index contributed by atoms with van der Waals surface area (Å²) in [6.07, 6.45) is 1.42. The number of aliphatic hydroxyl groups excluding tert-OH is 1. The van der Waals surface area contributed by atoms with Crippen molar-refractivity contribution in [2.45, 2.75) is 25.8 Å². The predicted octanol–water partition coefficient (Wildman–Crippen LogP) is 1.98. The van der Waals surface area contributed by atoms with Crippen LogP contribution in [-0.4, -0.2) is 30.9 Å². The van der Waals surface area contributed by atoms with Crippen molar-refractivity contribution in [1.29, 1.82) is 0 Å². The van der Waals surface area contributed by atoms with Crippen molar-refractivity contribution in [3.8, 4) is 5.75 Å². The molecule has 0 aliphatic heterocycles. The number of benzene rings is 1. The van der Waals surface area contributed by atoms with E-state index in [1.54, 1.807) is 19.2 Å². The quantitative estimate of drug-likeness (QED) is 0.725. The normalized spacial score (nSPS) is 11.7. The first-order valence-corrected chi connectivity index (χ1v) is 5.98. The van der Waals surface area contributed by atoms with Crippen LogP contribution < -0.4 is 15.4 Å². The first kappa shape index (κ1) is 14.3. The molecule has 0 aliphatic carbocycles. The Balaban J connectivity index is 2.49. The van der Waals surface area contributed by atoms with Gasteiger partial charge >= 0.3 is 6.03 Å². The summed E-state index contributed by atoms with van der Waals surface area (Å²) in [5.41, 5.74) is 0.631. The van der Waals surface area contributed by atoms with E-state index in [2.05, 4.69) is 10.6 Å². The highest BCUT2D eigenvalue weighted by Gasteiger charge is 2.09. The molecular weight excluding hydrogens is 232 g/mol. The molecule has 1 aromatic rings. The predicted molar refractivity (Wildman–Crippen MR) is 70.9 cm³/mol. The van der Waals surface area contributed by atoms with Gasteiger partial charge in [-0.05, 0) is 31.9 Å². The number of amides is 2. The molecular formula is C13H20N2O3. The molecule has 1 rings (SSSR count). The number of urea groups is 1. The summed E-state index contributed by atoms with van der Waals surface area (Å²) in [6.45, 7) is 2.04. The maximum absolute atomic E-state index is 11.7. The first-order valence-electron chi connectivity index (χ1n) is 5.98.